The Morgan fingerprint density at radius 1 is 1.08 bits per heavy atom. The lowest BCUT2D eigenvalue weighted by Crippen LogP contribution is -2.49. The summed E-state index contributed by atoms with van der Waals surface area (Å²) < 4.78 is 10.6. The van der Waals surface area contributed by atoms with Crippen molar-refractivity contribution in [1.29, 1.82) is 0 Å². The maximum Gasteiger partial charge on any atom is 0.410 e. The summed E-state index contributed by atoms with van der Waals surface area (Å²) in [6.07, 6.45) is -0.131. The number of hydrogen-bond acceptors (Lipinski definition) is 5. The van der Waals surface area contributed by atoms with Crippen LogP contribution in [0.15, 0.2) is 0 Å². The zero-order valence-corrected chi connectivity index (χ0v) is 15.7. The number of rotatable bonds is 3. The van der Waals surface area contributed by atoms with Gasteiger partial charge in [-0.05, 0) is 53.9 Å². The van der Waals surface area contributed by atoms with E-state index in [-0.39, 0.29) is 24.5 Å². The van der Waals surface area contributed by atoms with E-state index in [1.54, 1.807) is 4.90 Å². The molecule has 0 saturated carbocycles. The Balaban J connectivity index is 2.51. The van der Waals surface area contributed by atoms with E-state index in [4.69, 9.17) is 9.47 Å². The standard InChI is InChI=1S/C17H32N2O5/c1-16(2,3)23-14(21)18-9-12-7-8-19(10-13(12)11-20)15(22)24-17(4,5)6/h12-13,20H,7-11H2,1-6H3,(H,18,21). The van der Waals surface area contributed by atoms with Gasteiger partial charge in [-0.2, -0.15) is 0 Å². The molecule has 1 aliphatic rings. The summed E-state index contributed by atoms with van der Waals surface area (Å²) in [5.74, 6) is 0.00223. The molecular weight excluding hydrogens is 312 g/mol. The average Bonchev–Trinajstić information content (AvgIpc) is 2.41. The summed E-state index contributed by atoms with van der Waals surface area (Å²) in [6, 6.07) is 0. The number of alkyl carbamates (subject to hydrolysis) is 1. The van der Waals surface area contributed by atoms with E-state index in [0.29, 0.717) is 26.1 Å². The molecule has 2 amide bonds. The van der Waals surface area contributed by atoms with Gasteiger partial charge >= 0.3 is 12.2 Å². The van der Waals surface area contributed by atoms with Crippen molar-refractivity contribution in [3.8, 4) is 0 Å². The van der Waals surface area contributed by atoms with Crippen molar-refractivity contribution in [1.82, 2.24) is 10.2 Å². The van der Waals surface area contributed by atoms with Gasteiger partial charge in [0.15, 0.2) is 0 Å². The number of nitrogens with zero attached hydrogens (tertiary/aromatic N) is 1. The second kappa shape index (κ2) is 8.05. The summed E-state index contributed by atoms with van der Waals surface area (Å²) in [4.78, 5) is 25.5. The first kappa shape index (κ1) is 20.5. The fraction of sp³-hybridized carbons (Fsp3) is 0.882. The zero-order valence-electron chi connectivity index (χ0n) is 15.7. The number of carbonyl (C=O) groups is 2. The van der Waals surface area contributed by atoms with Crippen LogP contribution in [0.4, 0.5) is 9.59 Å². The predicted molar refractivity (Wildman–Crippen MR) is 90.7 cm³/mol. The number of aliphatic hydroxyl groups excluding tert-OH is 1. The first-order valence-corrected chi connectivity index (χ1v) is 8.47. The Hall–Kier alpha value is -1.50. The van der Waals surface area contributed by atoms with Crippen molar-refractivity contribution >= 4 is 12.2 Å². The molecule has 140 valence electrons. The molecule has 0 spiro atoms. The minimum absolute atomic E-state index is 0.0417. The zero-order chi connectivity index (χ0) is 18.5. The van der Waals surface area contributed by atoms with Crippen LogP contribution in [0.1, 0.15) is 48.0 Å². The van der Waals surface area contributed by atoms with E-state index >= 15 is 0 Å². The van der Waals surface area contributed by atoms with Crippen LogP contribution >= 0.6 is 0 Å². The first-order chi connectivity index (χ1) is 10.9. The Labute approximate surface area is 144 Å². The molecule has 24 heavy (non-hydrogen) atoms. The molecule has 1 rings (SSSR count). The van der Waals surface area contributed by atoms with Crippen LogP contribution < -0.4 is 5.32 Å². The van der Waals surface area contributed by atoms with E-state index in [1.807, 2.05) is 41.5 Å². The molecule has 2 N–H and O–H groups in total. The number of carbonyl (C=O) groups excluding carboxylic acids is 2. The van der Waals surface area contributed by atoms with Crippen LogP contribution in [0.3, 0.4) is 0 Å². The highest BCUT2D eigenvalue weighted by Crippen LogP contribution is 2.24. The van der Waals surface area contributed by atoms with Crippen LogP contribution in [0.25, 0.3) is 0 Å². The van der Waals surface area contributed by atoms with Crippen LogP contribution in [-0.2, 0) is 9.47 Å². The number of amides is 2. The van der Waals surface area contributed by atoms with E-state index in [2.05, 4.69) is 5.32 Å². The minimum atomic E-state index is -0.541. The van der Waals surface area contributed by atoms with Crippen molar-refractivity contribution < 1.29 is 24.2 Å². The fourth-order valence-electron chi connectivity index (χ4n) is 2.58. The number of ether oxygens (including phenoxy) is 2. The SMILES string of the molecule is CC(C)(C)OC(=O)NCC1CCN(C(=O)OC(C)(C)C)CC1CO. The first-order valence-electron chi connectivity index (χ1n) is 8.47. The number of likely N-dealkylation sites (tertiary alicyclic amines) is 1. The van der Waals surface area contributed by atoms with Gasteiger partial charge < -0.3 is 24.8 Å². The molecular formula is C17H32N2O5. The van der Waals surface area contributed by atoms with Crippen LogP contribution in [0.2, 0.25) is 0 Å². The van der Waals surface area contributed by atoms with Gasteiger partial charge in [-0.1, -0.05) is 0 Å². The molecule has 0 aliphatic carbocycles. The number of hydrogen-bond donors (Lipinski definition) is 2. The van der Waals surface area contributed by atoms with Crippen molar-refractivity contribution in [3.05, 3.63) is 0 Å². The van der Waals surface area contributed by atoms with Gasteiger partial charge in [-0.3, -0.25) is 0 Å². The highest BCUT2D eigenvalue weighted by atomic mass is 16.6. The van der Waals surface area contributed by atoms with Crippen LogP contribution in [0.5, 0.6) is 0 Å². The lowest BCUT2D eigenvalue weighted by Gasteiger charge is -2.38. The molecule has 1 aliphatic heterocycles. The summed E-state index contributed by atoms with van der Waals surface area (Å²) in [5.41, 5.74) is -1.08. The topological polar surface area (TPSA) is 88.1 Å². The summed E-state index contributed by atoms with van der Waals surface area (Å²) in [7, 11) is 0. The largest absolute Gasteiger partial charge is 0.444 e. The van der Waals surface area contributed by atoms with Crippen molar-refractivity contribution in [2.45, 2.75) is 59.2 Å². The van der Waals surface area contributed by atoms with Crippen molar-refractivity contribution in [2.75, 3.05) is 26.2 Å². The molecule has 0 aromatic rings. The molecule has 7 heteroatoms. The van der Waals surface area contributed by atoms with E-state index in [9.17, 15) is 14.7 Å². The third-order valence-corrected chi connectivity index (χ3v) is 3.69. The molecule has 0 bridgehead atoms. The Morgan fingerprint density at radius 2 is 1.67 bits per heavy atom. The molecule has 1 fully saturated rings. The number of piperidine rings is 1. The monoisotopic (exact) mass is 344 g/mol. The van der Waals surface area contributed by atoms with Gasteiger partial charge in [-0.15, -0.1) is 0 Å². The fourth-order valence-corrected chi connectivity index (χ4v) is 2.58. The van der Waals surface area contributed by atoms with Gasteiger partial charge in [0.1, 0.15) is 11.2 Å². The lowest BCUT2D eigenvalue weighted by molar-refractivity contribution is 0.00306. The van der Waals surface area contributed by atoms with E-state index in [0.717, 1.165) is 0 Å². The Kier molecular flexibility index (Phi) is 6.89. The highest BCUT2D eigenvalue weighted by Gasteiger charge is 2.33. The normalized spacial score (nSPS) is 22.0. The third kappa shape index (κ3) is 7.38. The smallest absolute Gasteiger partial charge is 0.410 e. The number of nitrogens with one attached hydrogen (secondary N) is 1. The van der Waals surface area contributed by atoms with E-state index in [1.165, 1.54) is 0 Å². The van der Waals surface area contributed by atoms with Gasteiger partial charge in [0.25, 0.3) is 0 Å². The lowest BCUT2D eigenvalue weighted by atomic mass is 9.86. The van der Waals surface area contributed by atoms with E-state index < -0.39 is 17.3 Å². The summed E-state index contributed by atoms with van der Waals surface area (Å²) in [5, 5.41) is 12.4. The van der Waals surface area contributed by atoms with Gasteiger partial charge in [0, 0.05) is 32.2 Å². The minimum Gasteiger partial charge on any atom is -0.444 e. The molecule has 1 heterocycles. The summed E-state index contributed by atoms with van der Waals surface area (Å²) >= 11 is 0. The molecule has 2 unspecified atom stereocenters. The van der Waals surface area contributed by atoms with Gasteiger partial charge in [0.2, 0.25) is 0 Å². The molecule has 0 aromatic carbocycles. The molecule has 7 nitrogen and oxygen atoms in total. The van der Waals surface area contributed by atoms with Gasteiger partial charge in [0.05, 0.1) is 0 Å². The molecule has 1 saturated heterocycles. The third-order valence-electron chi connectivity index (χ3n) is 3.69. The maximum absolute atomic E-state index is 12.1. The molecule has 0 radical (unpaired) electrons. The Morgan fingerprint density at radius 3 is 2.17 bits per heavy atom. The predicted octanol–water partition coefficient (Wildman–Crippen LogP) is 2.38. The van der Waals surface area contributed by atoms with Crippen molar-refractivity contribution in [3.63, 3.8) is 0 Å². The highest BCUT2D eigenvalue weighted by molar-refractivity contribution is 5.68. The Bertz CT molecular complexity index is 439. The van der Waals surface area contributed by atoms with Crippen LogP contribution in [0, 0.1) is 11.8 Å². The summed E-state index contributed by atoms with van der Waals surface area (Å²) in [6.45, 7) is 12.2. The second-order valence-corrected chi connectivity index (χ2v) is 8.30. The van der Waals surface area contributed by atoms with Crippen molar-refractivity contribution in [2.24, 2.45) is 11.8 Å². The average molecular weight is 344 g/mol. The second-order valence-electron chi connectivity index (χ2n) is 8.30. The van der Waals surface area contributed by atoms with Gasteiger partial charge in [-0.25, -0.2) is 9.59 Å². The maximum atomic E-state index is 12.1. The molecule has 2 atom stereocenters. The quantitative estimate of drug-likeness (QED) is 0.821. The number of aliphatic hydroxyl groups is 1. The molecule has 0 aromatic heterocycles. The van der Waals surface area contributed by atoms with Crippen LogP contribution in [-0.4, -0.2) is 59.6 Å².